The Labute approximate surface area is 110 Å². The van der Waals surface area contributed by atoms with Crippen molar-refractivity contribution in [2.24, 2.45) is 0 Å². The number of aliphatic hydroxyl groups is 1. The fourth-order valence-corrected chi connectivity index (χ4v) is 1.95. The van der Waals surface area contributed by atoms with Crippen LogP contribution in [0.5, 0.6) is 0 Å². The number of oxazole rings is 1. The highest BCUT2D eigenvalue weighted by Gasteiger charge is 2.13. The van der Waals surface area contributed by atoms with E-state index in [4.69, 9.17) is 9.52 Å². The molecule has 6 nitrogen and oxygen atoms in total. The van der Waals surface area contributed by atoms with E-state index in [2.05, 4.69) is 4.98 Å². The maximum Gasteiger partial charge on any atom is 0.306 e. The fraction of sp³-hybridized carbons (Fsp3) is 0.385. The van der Waals surface area contributed by atoms with Crippen molar-refractivity contribution in [3.05, 3.63) is 24.1 Å². The number of carbonyl (C=O) groups is 1. The van der Waals surface area contributed by atoms with Crippen molar-refractivity contribution in [1.82, 2.24) is 4.98 Å². The molecule has 0 fully saturated rings. The summed E-state index contributed by atoms with van der Waals surface area (Å²) in [6.45, 7) is 2.02. The number of carboxylic acids is 1. The first-order valence-electron chi connectivity index (χ1n) is 5.94. The summed E-state index contributed by atoms with van der Waals surface area (Å²) in [5.41, 5.74) is 2.29. The topological polar surface area (TPSA) is 86.8 Å². The number of aliphatic hydroxyl groups excluding tert-OH is 1. The van der Waals surface area contributed by atoms with Crippen molar-refractivity contribution < 1.29 is 19.4 Å². The molecule has 0 saturated heterocycles. The molecule has 1 unspecified atom stereocenters. The van der Waals surface area contributed by atoms with Crippen molar-refractivity contribution in [3.8, 4) is 0 Å². The maximum atomic E-state index is 10.5. The Hall–Kier alpha value is -2.08. The van der Waals surface area contributed by atoms with Gasteiger partial charge in [0.15, 0.2) is 11.5 Å². The Morgan fingerprint density at radius 1 is 1.53 bits per heavy atom. The van der Waals surface area contributed by atoms with Gasteiger partial charge in [-0.2, -0.15) is 0 Å². The predicted octanol–water partition coefficient (Wildman–Crippen LogP) is 1.41. The van der Waals surface area contributed by atoms with Crippen molar-refractivity contribution in [1.29, 1.82) is 0 Å². The quantitative estimate of drug-likeness (QED) is 0.849. The Balaban J connectivity index is 2.12. The van der Waals surface area contributed by atoms with Gasteiger partial charge in [0.05, 0.1) is 12.5 Å². The summed E-state index contributed by atoms with van der Waals surface area (Å²) in [6.07, 6.45) is -1.18. The monoisotopic (exact) mass is 264 g/mol. The summed E-state index contributed by atoms with van der Waals surface area (Å²) < 4.78 is 5.43. The second kappa shape index (κ2) is 5.27. The smallest absolute Gasteiger partial charge is 0.306 e. The third-order valence-corrected chi connectivity index (χ3v) is 2.81. The van der Waals surface area contributed by atoms with Crippen LogP contribution in [0, 0.1) is 6.92 Å². The molecule has 1 atom stereocenters. The van der Waals surface area contributed by atoms with Gasteiger partial charge in [-0.15, -0.1) is 0 Å². The fourth-order valence-electron chi connectivity index (χ4n) is 1.95. The van der Waals surface area contributed by atoms with Gasteiger partial charge in [0, 0.05) is 32.3 Å². The molecule has 1 aromatic heterocycles. The van der Waals surface area contributed by atoms with E-state index >= 15 is 0 Å². The molecule has 0 radical (unpaired) electrons. The SMILES string of the molecule is Cc1nc2ccc(N(C)CC(O)CC(=O)O)cc2o1. The zero-order valence-corrected chi connectivity index (χ0v) is 10.8. The summed E-state index contributed by atoms with van der Waals surface area (Å²) in [6, 6.07) is 5.52. The zero-order valence-electron chi connectivity index (χ0n) is 10.8. The molecule has 1 heterocycles. The first-order chi connectivity index (χ1) is 8.95. The number of likely N-dealkylation sites (N-methyl/N-ethyl adjacent to an activating group) is 1. The summed E-state index contributed by atoms with van der Waals surface area (Å²) in [5.74, 6) is -0.414. The first kappa shape index (κ1) is 13.4. The van der Waals surface area contributed by atoms with Crippen molar-refractivity contribution >= 4 is 22.8 Å². The molecule has 0 aliphatic rings. The highest BCUT2D eigenvalue weighted by atomic mass is 16.4. The molecule has 102 valence electrons. The third kappa shape index (κ3) is 3.23. The molecule has 0 spiro atoms. The molecule has 0 bridgehead atoms. The highest BCUT2D eigenvalue weighted by molar-refractivity contribution is 5.77. The Bertz CT molecular complexity index is 593. The van der Waals surface area contributed by atoms with Gasteiger partial charge in [-0.25, -0.2) is 4.98 Å². The average molecular weight is 264 g/mol. The number of aryl methyl sites for hydroxylation is 1. The molecule has 0 aliphatic heterocycles. The van der Waals surface area contributed by atoms with Crippen molar-refractivity contribution in [2.45, 2.75) is 19.4 Å². The molecule has 19 heavy (non-hydrogen) atoms. The van der Waals surface area contributed by atoms with Gasteiger partial charge in [0.25, 0.3) is 0 Å². The second-order valence-corrected chi connectivity index (χ2v) is 4.52. The summed E-state index contributed by atoms with van der Waals surface area (Å²) in [7, 11) is 1.79. The second-order valence-electron chi connectivity index (χ2n) is 4.52. The molecule has 2 aromatic rings. The van der Waals surface area contributed by atoms with Gasteiger partial charge in [0.2, 0.25) is 0 Å². The standard InChI is InChI=1S/C13H16N2O4/c1-8-14-11-4-3-9(5-12(11)19-8)15(2)7-10(16)6-13(17)18/h3-5,10,16H,6-7H2,1-2H3,(H,17,18). The number of anilines is 1. The van der Waals surface area contributed by atoms with Crippen LogP contribution in [-0.4, -0.2) is 40.9 Å². The van der Waals surface area contributed by atoms with E-state index in [0.717, 1.165) is 11.2 Å². The lowest BCUT2D eigenvalue weighted by atomic mass is 10.2. The van der Waals surface area contributed by atoms with Crippen LogP contribution >= 0.6 is 0 Å². The molecule has 2 N–H and O–H groups in total. The highest BCUT2D eigenvalue weighted by Crippen LogP contribution is 2.22. The number of nitrogens with zero attached hydrogens (tertiary/aromatic N) is 2. The van der Waals surface area contributed by atoms with Crippen LogP contribution in [0.3, 0.4) is 0 Å². The number of aliphatic carboxylic acids is 1. The van der Waals surface area contributed by atoms with Crippen LogP contribution < -0.4 is 4.90 Å². The van der Waals surface area contributed by atoms with Gasteiger partial charge >= 0.3 is 5.97 Å². The maximum absolute atomic E-state index is 10.5. The van der Waals surface area contributed by atoms with Gasteiger partial charge in [-0.05, 0) is 12.1 Å². The molecular weight excluding hydrogens is 248 g/mol. The van der Waals surface area contributed by atoms with E-state index < -0.39 is 12.1 Å². The minimum Gasteiger partial charge on any atom is -0.481 e. The number of hydrogen-bond acceptors (Lipinski definition) is 5. The number of rotatable bonds is 5. The average Bonchev–Trinajstić information content (AvgIpc) is 2.66. The van der Waals surface area contributed by atoms with Gasteiger partial charge in [0.1, 0.15) is 5.52 Å². The molecular formula is C13H16N2O4. The lowest BCUT2D eigenvalue weighted by molar-refractivity contribution is -0.139. The summed E-state index contributed by atoms with van der Waals surface area (Å²) in [4.78, 5) is 16.5. The van der Waals surface area contributed by atoms with E-state index in [1.165, 1.54) is 0 Å². The molecule has 0 saturated carbocycles. The minimum atomic E-state index is -1.01. The number of fused-ring (bicyclic) bond motifs is 1. The van der Waals surface area contributed by atoms with Crippen molar-refractivity contribution in [3.63, 3.8) is 0 Å². The number of carboxylic acid groups (broad SMARTS) is 1. The third-order valence-electron chi connectivity index (χ3n) is 2.81. The van der Waals surface area contributed by atoms with Crippen LogP contribution in [0.15, 0.2) is 22.6 Å². The molecule has 2 rings (SSSR count). The Morgan fingerprint density at radius 3 is 2.95 bits per heavy atom. The van der Waals surface area contributed by atoms with Gasteiger partial charge in [-0.3, -0.25) is 4.79 Å². The lowest BCUT2D eigenvalue weighted by Gasteiger charge is -2.21. The van der Waals surface area contributed by atoms with E-state index in [-0.39, 0.29) is 13.0 Å². The molecule has 1 aromatic carbocycles. The number of hydrogen-bond donors (Lipinski definition) is 2. The number of benzene rings is 1. The van der Waals surface area contributed by atoms with E-state index in [0.29, 0.717) is 11.5 Å². The lowest BCUT2D eigenvalue weighted by Crippen LogP contribution is -2.30. The van der Waals surface area contributed by atoms with Crippen LogP contribution in [0.4, 0.5) is 5.69 Å². The molecule has 6 heteroatoms. The van der Waals surface area contributed by atoms with Crippen molar-refractivity contribution in [2.75, 3.05) is 18.5 Å². The van der Waals surface area contributed by atoms with Crippen LogP contribution in [0.2, 0.25) is 0 Å². The van der Waals surface area contributed by atoms with Crippen LogP contribution in [-0.2, 0) is 4.79 Å². The van der Waals surface area contributed by atoms with E-state index in [1.54, 1.807) is 18.9 Å². The zero-order chi connectivity index (χ0) is 14.0. The normalized spacial score (nSPS) is 12.6. The molecule has 0 amide bonds. The van der Waals surface area contributed by atoms with Crippen LogP contribution in [0.1, 0.15) is 12.3 Å². The minimum absolute atomic E-state index is 0.241. The Kier molecular flexibility index (Phi) is 3.71. The Morgan fingerprint density at radius 2 is 2.26 bits per heavy atom. The molecule has 0 aliphatic carbocycles. The first-order valence-corrected chi connectivity index (χ1v) is 5.94. The van der Waals surface area contributed by atoms with Crippen LogP contribution in [0.25, 0.3) is 11.1 Å². The van der Waals surface area contributed by atoms with Gasteiger partial charge in [-0.1, -0.05) is 0 Å². The van der Waals surface area contributed by atoms with E-state index in [9.17, 15) is 9.90 Å². The van der Waals surface area contributed by atoms with E-state index in [1.807, 2.05) is 18.2 Å². The summed E-state index contributed by atoms with van der Waals surface area (Å²) in [5, 5.41) is 18.2. The summed E-state index contributed by atoms with van der Waals surface area (Å²) >= 11 is 0. The number of aromatic nitrogens is 1. The largest absolute Gasteiger partial charge is 0.481 e. The van der Waals surface area contributed by atoms with Gasteiger partial charge < -0.3 is 19.5 Å². The predicted molar refractivity (Wildman–Crippen MR) is 70.3 cm³/mol.